The normalized spacial score (nSPS) is 19.5. The van der Waals surface area contributed by atoms with Crippen LogP contribution in [-0.2, 0) is 16.1 Å². The van der Waals surface area contributed by atoms with Crippen molar-refractivity contribution < 1.29 is 14.3 Å². The van der Waals surface area contributed by atoms with E-state index in [4.69, 9.17) is 4.74 Å². The van der Waals surface area contributed by atoms with Crippen molar-refractivity contribution >= 4 is 33.4 Å². The predicted molar refractivity (Wildman–Crippen MR) is 112 cm³/mol. The molecule has 3 rings (SSSR count). The molecule has 0 bridgehead atoms. The number of aryl methyl sites for hydroxylation is 1. The SMILES string of the molecule is COCCNC(=O)c1sc2ncn(CC(=O)N3C[C@@H](C)C[C@H](C)C3)c(=O)c2c1C. The Morgan fingerprint density at radius 2 is 2.00 bits per heavy atom. The number of aromatic nitrogens is 2. The van der Waals surface area contributed by atoms with Crippen molar-refractivity contribution in [1.82, 2.24) is 19.8 Å². The van der Waals surface area contributed by atoms with Gasteiger partial charge in [0, 0.05) is 26.7 Å². The molecule has 0 spiro atoms. The topological polar surface area (TPSA) is 93.5 Å². The van der Waals surface area contributed by atoms with Crippen LogP contribution >= 0.6 is 11.3 Å². The molecule has 0 aliphatic carbocycles. The minimum atomic E-state index is -0.286. The predicted octanol–water partition coefficient (Wildman–Crippen LogP) is 1.65. The molecule has 1 N–H and O–H groups in total. The van der Waals surface area contributed by atoms with E-state index < -0.39 is 0 Å². The zero-order valence-corrected chi connectivity index (χ0v) is 18.2. The van der Waals surface area contributed by atoms with Crippen LogP contribution in [0, 0.1) is 18.8 Å². The second-order valence-corrected chi connectivity index (χ2v) is 8.91. The molecule has 0 saturated carbocycles. The highest BCUT2D eigenvalue weighted by Gasteiger charge is 2.26. The maximum absolute atomic E-state index is 13.0. The summed E-state index contributed by atoms with van der Waals surface area (Å²) < 4.78 is 6.29. The van der Waals surface area contributed by atoms with Gasteiger partial charge in [-0.3, -0.25) is 19.0 Å². The van der Waals surface area contributed by atoms with Gasteiger partial charge in [-0.1, -0.05) is 13.8 Å². The summed E-state index contributed by atoms with van der Waals surface area (Å²) in [6.45, 7) is 8.23. The van der Waals surface area contributed by atoms with Crippen LogP contribution in [0.4, 0.5) is 0 Å². The van der Waals surface area contributed by atoms with Crippen LogP contribution in [0.15, 0.2) is 11.1 Å². The summed E-state index contributed by atoms with van der Waals surface area (Å²) >= 11 is 1.19. The quantitative estimate of drug-likeness (QED) is 0.717. The number of amides is 2. The van der Waals surface area contributed by atoms with E-state index in [0.29, 0.717) is 45.6 Å². The Morgan fingerprint density at radius 3 is 2.66 bits per heavy atom. The van der Waals surface area contributed by atoms with Crippen LogP contribution in [0.25, 0.3) is 10.2 Å². The van der Waals surface area contributed by atoms with E-state index in [1.807, 2.05) is 4.90 Å². The van der Waals surface area contributed by atoms with E-state index in [0.717, 1.165) is 19.5 Å². The second kappa shape index (κ2) is 9.04. The summed E-state index contributed by atoms with van der Waals surface area (Å²) in [7, 11) is 1.57. The Labute approximate surface area is 173 Å². The summed E-state index contributed by atoms with van der Waals surface area (Å²) in [5.74, 6) is 0.592. The maximum Gasteiger partial charge on any atom is 0.262 e. The van der Waals surface area contributed by atoms with Gasteiger partial charge in [0.2, 0.25) is 5.91 Å². The Balaban J connectivity index is 1.82. The van der Waals surface area contributed by atoms with Gasteiger partial charge in [0.15, 0.2) is 0 Å². The fourth-order valence-corrected chi connectivity index (χ4v) is 5.00. The lowest BCUT2D eigenvalue weighted by Crippen LogP contribution is -2.44. The number of nitrogens with zero attached hydrogens (tertiary/aromatic N) is 3. The zero-order chi connectivity index (χ0) is 21.1. The molecule has 1 aliphatic heterocycles. The summed E-state index contributed by atoms with van der Waals surface area (Å²) in [4.78, 5) is 45.3. The third-order valence-corrected chi connectivity index (χ3v) is 6.44. The van der Waals surface area contributed by atoms with E-state index in [2.05, 4.69) is 24.1 Å². The van der Waals surface area contributed by atoms with E-state index in [1.54, 1.807) is 14.0 Å². The summed E-state index contributed by atoms with van der Waals surface area (Å²) in [6, 6.07) is 0. The van der Waals surface area contributed by atoms with Crippen molar-refractivity contribution in [2.45, 2.75) is 33.7 Å². The van der Waals surface area contributed by atoms with Crippen molar-refractivity contribution in [2.24, 2.45) is 11.8 Å². The van der Waals surface area contributed by atoms with Crippen molar-refractivity contribution in [3.63, 3.8) is 0 Å². The molecule has 0 unspecified atom stereocenters. The molecule has 2 amide bonds. The maximum atomic E-state index is 13.0. The molecule has 8 nitrogen and oxygen atoms in total. The fourth-order valence-electron chi connectivity index (χ4n) is 3.95. The smallest absolute Gasteiger partial charge is 0.262 e. The van der Waals surface area contributed by atoms with Gasteiger partial charge < -0.3 is 15.0 Å². The second-order valence-electron chi connectivity index (χ2n) is 7.91. The first kappa shape index (κ1) is 21.4. The molecule has 1 fully saturated rings. The van der Waals surface area contributed by atoms with Gasteiger partial charge in [0.1, 0.15) is 11.4 Å². The molecule has 0 radical (unpaired) electrons. The number of thiophene rings is 1. The Hall–Kier alpha value is -2.26. The van der Waals surface area contributed by atoms with Crippen molar-refractivity contribution in [2.75, 3.05) is 33.4 Å². The van der Waals surface area contributed by atoms with Crippen molar-refractivity contribution in [1.29, 1.82) is 0 Å². The largest absolute Gasteiger partial charge is 0.383 e. The Morgan fingerprint density at radius 1 is 1.31 bits per heavy atom. The molecule has 0 aromatic carbocycles. The minimum absolute atomic E-state index is 0.0358. The zero-order valence-electron chi connectivity index (χ0n) is 17.4. The molecule has 3 heterocycles. The molecule has 29 heavy (non-hydrogen) atoms. The number of rotatable bonds is 6. The standard InChI is InChI=1S/C20H28N4O4S/c1-12-7-13(2)9-23(8-12)15(25)10-24-11-22-19-16(20(24)27)14(3)17(29-19)18(26)21-5-6-28-4/h11-13H,5-10H2,1-4H3,(H,21,26)/t12-,13-/m0/s1. The number of ether oxygens (including phenoxy) is 1. The number of carbonyl (C=O) groups is 2. The van der Waals surface area contributed by atoms with Crippen LogP contribution in [0.1, 0.15) is 35.5 Å². The molecule has 2 aromatic rings. The lowest BCUT2D eigenvalue weighted by atomic mass is 9.92. The first-order valence-corrected chi connectivity index (χ1v) is 10.7. The van der Waals surface area contributed by atoms with Crippen LogP contribution in [0.5, 0.6) is 0 Å². The Bertz CT molecular complexity index is 957. The van der Waals surface area contributed by atoms with Crippen LogP contribution in [-0.4, -0.2) is 59.6 Å². The summed E-state index contributed by atoms with van der Waals surface area (Å²) in [6.07, 6.45) is 2.52. The monoisotopic (exact) mass is 420 g/mol. The molecule has 158 valence electrons. The van der Waals surface area contributed by atoms with E-state index in [9.17, 15) is 14.4 Å². The van der Waals surface area contributed by atoms with Gasteiger partial charge in [0.25, 0.3) is 11.5 Å². The van der Waals surface area contributed by atoms with Crippen molar-refractivity contribution in [3.05, 3.63) is 27.1 Å². The molecule has 2 atom stereocenters. The number of likely N-dealkylation sites (tertiary alicyclic amines) is 1. The number of methoxy groups -OCH3 is 1. The molecule has 1 saturated heterocycles. The average Bonchev–Trinajstić information content (AvgIpc) is 3.00. The van der Waals surface area contributed by atoms with Gasteiger partial charge in [-0.2, -0.15) is 0 Å². The highest BCUT2D eigenvalue weighted by Crippen LogP contribution is 2.27. The van der Waals surface area contributed by atoms with E-state index >= 15 is 0 Å². The molecule has 2 aromatic heterocycles. The molecular formula is C20H28N4O4S. The van der Waals surface area contributed by atoms with Gasteiger partial charge in [-0.15, -0.1) is 11.3 Å². The van der Waals surface area contributed by atoms with Gasteiger partial charge in [-0.05, 0) is 30.7 Å². The number of nitrogens with one attached hydrogen (secondary N) is 1. The summed E-state index contributed by atoms with van der Waals surface area (Å²) in [5.41, 5.74) is 0.311. The van der Waals surface area contributed by atoms with Crippen LogP contribution < -0.4 is 10.9 Å². The first-order chi connectivity index (χ1) is 13.8. The van der Waals surface area contributed by atoms with Gasteiger partial charge >= 0.3 is 0 Å². The Kier molecular flexibility index (Phi) is 6.69. The fraction of sp³-hybridized carbons (Fsp3) is 0.600. The third-order valence-electron chi connectivity index (χ3n) is 5.24. The number of carbonyl (C=O) groups excluding carboxylic acids is 2. The van der Waals surface area contributed by atoms with Crippen LogP contribution in [0.2, 0.25) is 0 Å². The third kappa shape index (κ3) is 4.67. The number of fused-ring (bicyclic) bond motifs is 1. The van der Waals surface area contributed by atoms with E-state index in [-0.39, 0.29) is 23.9 Å². The average molecular weight is 421 g/mol. The van der Waals surface area contributed by atoms with Gasteiger partial charge in [0.05, 0.1) is 23.2 Å². The van der Waals surface area contributed by atoms with Crippen LogP contribution in [0.3, 0.4) is 0 Å². The number of hydrogen-bond donors (Lipinski definition) is 1. The molecule has 9 heteroatoms. The van der Waals surface area contributed by atoms with Crippen molar-refractivity contribution in [3.8, 4) is 0 Å². The highest BCUT2D eigenvalue weighted by atomic mass is 32.1. The number of hydrogen-bond acceptors (Lipinski definition) is 6. The lowest BCUT2D eigenvalue weighted by Gasteiger charge is -2.35. The number of piperidine rings is 1. The molecule has 1 aliphatic rings. The lowest BCUT2D eigenvalue weighted by molar-refractivity contribution is -0.134. The van der Waals surface area contributed by atoms with E-state index in [1.165, 1.54) is 22.2 Å². The summed E-state index contributed by atoms with van der Waals surface area (Å²) in [5, 5.41) is 3.17. The first-order valence-electron chi connectivity index (χ1n) is 9.85. The highest BCUT2D eigenvalue weighted by molar-refractivity contribution is 7.20. The van der Waals surface area contributed by atoms with Gasteiger partial charge in [-0.25, -0.2) is 4.98 Å². The minimum Gasteiger partial charge on any atom is -0.383 e. The molecular weight excluding hydrogens is 392 g/mol.